The summed E-state index contributed by atoms with van der Waals surface area (Å²) in [6, 6.07) is 8.30. The van der Waals surface area contributed by atoms with Crippen LogP contribution in [0.2, 0.25) is 0 Å². The molecule has 0 radical (unpaired) electrons. The van der Waals surface area contributed by atoms with Gasteiger partial charge in [-0.15, -0.1) is 11.3 Å². The minimum absolute atomic E-state index is 0.0747. The number of carbonyl (C=O) groups is 1. The fourth-order valence-corrected chi connectivity index (χ4v) is 6.13. The molecule has 1 amide bonds. The second-order valence-electron chi connectivity index (χ2n) is 10.2. The van der Waals surface area contributed by atoms with Crippen LogP contribution in [0.5, 0.6) is 0 Å². The molecular weight excluding hydrogens is 490 g/mol. The molecular formula is C26H31N7O3S. The number of amides is 1. The Kier molecular flexibility index (Phi) is 6.31. The van der Waals surface area contributed by atoms with E-state index in [1.165, 1.54) is 4.88 Å². The Labute approximate surface area is 218 Å². The van der Waals surface area contributed by atoms with Crippen molar-refractivity contribution in [2.45, 2.75) is 32.1 Å². The predicted octanol–water partition coefficient (Wildman–Crippen LogP) is 2.56. The summed E-state index contributed by atoms with van der Waals surface area (Å²) in [5.74, 6) is 0.520. The highest BCUT2D eigenvalue weighted by molar-refractivity contribution is 7.18. The average molecular weight is 522 g/mol. The summed E-state index contributed by atoms with van der Waals surface area (Å²) in [6.45, 7) is 8.76. The maximum Gasteiger partial charge on any atom is 0.254 e. The molecule has 1 unspecified atom stereocenters. The number of aromatic amines is 1. The third kappa shape index (κ3) is 4.91. The molecule has 1 atom stereocenters. The molecule has 1 aromatic carbocycles. The van der Waals surface area contributed by atoms with E-state index in [0.29, 0.717) is 26.2 Å². The van der Waals surface area contributed by atoms with Crippen LogP contribution in [0.25, 0.3) is 21.1 Å². The Balaban J connectivity index is 1.13. The van der Waals surface area contributed by atoms with Gasteiger partial charge in [0.2, 0.25) is 5.95 Å². The van der Waals surface area contributed by atoms with E-state index in [1.54, 1.807) is 30.1 Å². The van der Waals surface area contributed by atoms with Crippen molar-refractivity contribution in [1.82, 2.24) is 30.0 Å². The van der Waals surface area contributed by atoms with Crippen LogP contribution in [0.3, 0.4) is 0 Å². The van der Waals surface area contributed by atoms with Gasteiger partial charge >= 0.3 is 0 Å². The fraction of sp³-hybridized carbons (Fsp3) is 0.462. The summed E-state index contributed by atoms with van der Waals surface area (Å²) in [6.07, 6.45) is 3.70. The zero-order valence-electron chi connectivity index (χ0n) is 21.1. The third-order valence-corrected chi connectivity index (χ3v) is 8.13. The van der Waals surface area contributed by atoms with Crippen LogP contribution in [0.15, 0.2) is 36.7 Å². The summed E-state index contributed by atoms with van der Waals surface area (Å²) < 4.78 is 7.20. The van der Waals surface area contributed by atoms with E-state index in [9.17, 15) is 9.90 Å². The summed E-state index contributed by atoms with van der Waals surface area (Å²) in [5, 5.41) is 18.3. The average Bonchev–Trinajstić information content (AvgIpc) is 3.54. The van der Waals surface area contributed by atoms with Crippen LogP contribution in [-0.2, 0) is 16.1 Å². The Morgan fingerprint density at radius 2 is 2.05 bits per heavy atom. The smallest absolute Gasteiger partial charge is 0.254 e. The van der Waals surface area contributed by atoms with Crippen molar-refractivity contribution >= 4 is 44.3 Å². The van der Waals surface area contributed by atoms with Gasteiger partial charge in [0, 0.05) is 49.5 Å². The van der Waals surface area contributed by atoms with Gasteiger partial charge in [-0.25, -0.2) is 9.97 Å². The maximum absolute atomic E-state index is 12.3. The number of H-pyrrole nitrogens is 1. The number of carbonyl (C=O) groups excluding carboxylic acids is 1. The van der Waals surface area contributed by atoms with Crippen LogP contribution in [-0.4, -0.2) is 92.5 Å². The molecule has 4 aromatic rings. The first-order valence-corrected chi connectivity index (χ1v) is 13.4. The summed E-state index contributed by atoms with van der Waals surface area (Å²) in [4.78, 5) is 29.5. The number of aromatic nitrogens is 4. The van der Waals surface area contributed by atoms with Crippen LogP contribution in [0.1, 0.15) is 30.4 Å². The standard InChI is InChI=1S/C26H31N7O3S/c1-26(2,35)24(34)32-8-6-31(7-9-32)15-17-12-21-23(37-17)14-27-25(29-21)33-10-11-36-22(16-33)18-4-3-5-20-19(18)13-28-30-20/h3-5,12-14,22,35H,6-11,15-16H2,1-2H3,(H,28,30). The van der Waals surface area contributed by atoms with Gasteiger partial charge in [-0.2, -0.15) is 5.10 Å². The quantitative estimate of drug-likeness (QED) is 0.412. The SMILES string of the molecule is CC(C)(O)C(=O)N1CCN(Cc2cc3nc(N4CCOC(c5cccc6[nH]ncc56)C4)ncc3s2)CC1. The van der Waals surface area contributed by atoms with Crippen LogP contribution in [0.4, 0.5) is 5.95 Å². The number of ether oxygens (including phenoxy) is 1. The highest BCUT2D eigenvalue weighted by Gasteiger charge is 2.31. The molecule has 37 heavy (non-hydrogen) atoms. The predicted molar refractivity (Wildman–Crippen MR) is 143 cm³/mol. The van der Waals surface area contributed by atoms with Gasteiger partial charge in [0.1, 0.15) is 11.7 Å². The summed E-state index contributed by atoms with van der Waals surface area (Å²) in [7, 11) is 0. The van der Waals surface area contributed by atoms with Crippen molar-refractivity contribution in [3.63, 3.8) is 0 Å². The number of aliphatic hydroxyl groups is 1. The van der Waals surface area contributed by atoms with E-state index >= 15 is 0 Å². The highest BCUT2D eigenvalue weighted by Crippen LogP contribution is 2.31. The van der Waals surface area contributed by atoms with Crippen LogP contribution in [0, 0.1) is 0 Å². The molecule has 2 aliphatic rings. The van der Waals surface area contributed by atoms with Crippen molar-refractivity contribution in [2.24, 2.45) is 0 Å². The molecule has 5 heterocycles. The molecule has 2 saturated heterocycles. The summed E-state index contributed by atoms with van der Waals surface area (Å²) >= 11 is 1.72. The molecule has 2 N–H and O–H groups in total. The van der Waals surface area contributed by atoms with Crippen molar-refractivity contribution in [1.29, 1.82) is 0 Å². The van der Waals surface area contributed by atoms with E-state index in [2.05, 4.69) is 32.1 Å². The number of nitrogens with one attached hydrogen (secondary N) is 1. The second-order valence-corrected chi connectivity index (χ2v) is 11.4. The number of fused-ring (bicyclic) bond motifs is 2. The number of hydrogen-bond donors (Lipinski definition) is 2. The summed E-state index contributed by atoms with van der Waals surface area (Å²) in [5.41, 5.74) is 1.77. The van der Waals surface area contributed by atoms with E-state index in [4.69, 9.17) is 14.7 Å². The number of anilines is 1. The monoisotopic (exact) mass is 521 g/mol. The Morgan fingerprint density at radius 1 is 1.22 bits per heavy atom. The minimum atomic E-state index is -1.32. The van der Waals surface area contributed by atoms with Gasteiger partial charge in [-0.3, -0.25) is 14.8 Å². The molecule has 0 aliphatic carbocycles. The number of nitrogens with zero attached hydrogens (tertiary/aromatic N) is 6. The molecule has 6 rings (SSSR count). The van der Waals surface area contributed by atoms with Gasteiger partial charge in [0.05, 0.1) is 41.3 Å². The zero-order chi connectivity index (χ0) is 25.6. The van der Waals surface area contributed by atoms with Gasteiger partial charge < -0.3 is 19.6 Å². The first kappa shape index (κ1) is 24.2. The Hall–Kier alpha value is -3.12. The Bertz CT molecular complexity index is 1420. The maximum atomic E-state index is 12.3. The van der Waals surface area contributed by atoms with Crippen LogP contribution < -0.4 is 4.90 Å². The highest BCUT2D eigenvalue weighted by atomic mass is 32.1. The molecule has 2 aliphatic heterocycles. The molecule has 2 fully saturated rings. The van der Waals surface area contributed by atoms with E-state index in [0.717, 1.165) is 58.8 Å². The topological polar surface area (TPSA) is 111 Å². The van der Waals surface area contributed by atoms with Gasteiger partial charge in [-0.1, -0.05) is 12.1 Å². The Morgan fingerprint density at radius 3 is 2.86 bits per heavy atom. The molecule has 10 nitrogen and oxygen atoms in total. The lowest BCUT2D eigenvalue weighted by Crippen LogP contribution is -2.53. The van der Waals surface area contributed by atoms with Crippen molar-refractivity contribution in [3.05, 3.63) is 47.1 Å². The van der Waals surface area contributed by atoms with E-state index in [1.807, 2.05) is 24.5 Å². The molecule has 0 saturated carbocycles. The first-order valence-electron chi connectivity index (χ1n) is 12.6. The number of hydrogen-bond acceptors (Lipinski definition) is 9. The lowest BCUT2D eigenvalue weighted by molar-refractivity contribution is -0.149. The number of benzene rings is 1. The van der Waals surface area contributed by atoms with Gasteiger partial charge in [0.15, 0.2) is 0 Å². The number of rotatable bonds is 5. The van der Waals surface area contributed by atoms with Gasteiger partial charge in [-0.05, 0) is 31.5 Å². The van der Waals surface area contributed by atoms with E-state index < -0.39 is 5.60 Å². The molecule has 194 valence electrons. The first-order chi connectivity index (χ1) is 17.8. The number of piperazine rings is 1. The van der Waals surface area contributed by atoms with Gasteiger partial charge in [0.25, 0.3) is 5.91 Å². The van der Waals surface area contributed by atoms with Crippen molar-refractivity contribution < 1.29 is 14.6 Å². The fourth-order valence-electron chi connectivity index (χ4n) is 5.12. The van der Waals surface area contributed by atoms with E-state index in [-0.39, 0.29) is 12.0 Å². The third-order valence-electron chi connectivity index (χ3n) is 7.09. The largest absolute Gasteiger partial charge is 0.381 e. The number of thiophene rings is 1. The molecule has 11 heteroatoms. The lowest BCUT2D eigenvalue weighted by atomic mass is 10.0. The van der Waals surface area contributed by atoms with Crippen LogP contribution >= 0.6 is 11.3 Å². The van der Waals surface area contributed by atoms with Crippen molar-refractivity contribution in [2.75, 3.05) is 50.8 Å². The van der Waals surface area contributed by atoms with Crippen molar-refractivity contribution in [3.8, 4) is 0 Å². The second kappa shape index (κ2) is 9.64. The number of morpholine rings is 1. The minimum Gasteiger partial charge on any atom is -0.381 e. The molecule has 3 aromatic heterocycles. The normalized spacial score (nSPS) is 19.7. The zero-order valence-corrected chi connectivity index (χ0v) is 21.9. The molecule has 0 bridgehead atoms. The lowest BCUT2D eigenvalue weighted by Gasteiger charge is -2.36. The molecule has 0 spiro atoms.